The van der Waals surface area contributed by atoms with Crippen molar-refractivity contribution in [3.63, 3.8) is 0 Å². The highest BCUT2D eigenvalue weighted by Crippen LogP contribution is 2.36. The number of halogens is 1. The number of nitrogens with two attached hydrogens (primary N) is 1. The molecule has 6 heteroatoms. The zero-order valence-corrected chi connectivity index (χ0v) is 15.5. The second-order valence-corrected chi connectivity index (χ2v) is 6.22. The molecule has 0 radical (unpaired) electrons. The fourth-order valence-electron chi connectivity index (χ4n) is 2.32. The molecule has 0 heterocycles. The first-order valence-corrected chi connectivity index (χ1v) is 8.20. The van der Waals surface area contributed by atoms with Gasteiger partial charge in [-0.1, -0.05) is 29.9 Å². The average molecular weight is 366 g/mol. The Kier molecular flexibility index (Phi) is 6.29. The van der Waals surface area contributed by atoms with Crippen molar-refractivity contribution in [3.05, 3.63) is 52.0 Å². The van der Waals surface area contributed by atoms with Crippen LogP contribution in [0.2, 0.25) is 5.02 Å². The van der Waals surface area contributed by atoms with Crippen LogP contribution in [0.15, 0.2) is 30.3 Å². The van der Waals surface area contributed by atoms with Crippen molar-refractivity contribution < 1.29 is 14.2 Å². The molecule has 0 saturated carbocycles. The molecule has 0 aromatic heterocycles. The minimum Gasteiger partial charge on any atom is -0.493 e. The van der Waals surface area contributed by atoms with E-state index in [-0.39, 0.29) is 4.99 Å². The first-order chi connectivity index (χ1) is 11.4. The third-order valence-electron chi connectivity index (χ3n) is 3.31. The molecule has 0 spiro atoms. The molecule has 2 N–H and O–H groups in total. The Morgan fingerprint density at radius 2 is 1.67 bits per heavy atom. The van der Waals surface area contributed by atoms with E-state index in [0.29, 0.717) is 35.3 Å². The van der Waals surface area contributed by atoms with Crippen molar-refractivity contribution in [3.8, 4) is 17.2 Å². The van der Waals surface area contributed by atoms with Gasteiger partial charge in [0.25, 0.3) is 0 Å². The zero-order chi connectivity index (χ0) is 17.7. The Hall–Kier alpha value is -1.98. The second kappa shape index (κ2) is 8.22. The standard InChI is InChI=1S/C18H20ClNO3S/c1-11-6-12(2)8-14(7-11)22-4-5-23-17-15(19)9-13(18(20)24)10-16(17)21-3/h6-10H,4-5H2,1-3H3,(H2,20,24). The number of hydrogen-bond donors (Lipinski definition) is 1. The lowest BCUT2D eigenvalue weighted by Gasteiger charge is -2.14. The maximum absolute atomic E-state index is 6.23. The van der Waals surface area contributed by atoms with E-state index >= 15 is 0 Å². The maximum Gasteiger partial charge on any atom is 0.179 e. The summed E-state index contributed by atoms with van der Waals surface area (Å²) < 4.78 is 16.7. The number of aryl methyl sites for hydroxylation is 2. The molecular weight excluding hydrogens is 346 g/mol. The molecular formula is C18H20ClNO3S. The van der Waals surface area contributed by atoms with Crippen LogP contribution < -0.4 is 19.9 Å². The Morgan fingerprint density at radius 3 is 2.25 bits per heavy atom. The highest BCUT2D eigenvalue weighted by atomic mass is 35.5. The lowest BCUT2D eigenvalue weighted by Crippen LogP contribution is -2.12. The van der Waals surface area contributed by atoms with Crippen molar-refractivity contribution in [2.24, 2.45) is 5.73 Å². The molecule has 2 rings (SSSR count). The maximum atomic E-state index is 6.23. The van der Waals surface area contributed by atoms with E-state index in [0.717, 1.165) is 16.9 Å². The van der Waals surface area contributed by atoms with Gasteiger partial charge in [0, 0.05) is 5.56 Å². The molecule has 0 saturated heterocycles. The van der Waals surface area contributed by atoms with Gasteiger partial charge in [0.1, 0.15) is 24.0 Å². The van der Waals surface area contributed by atoms with Crippen LogP contribution in [0.25, 0.3) is 0 Å². The van der Waals surface area contributed by atoms with E-state index in [1.54, 1.807) is 12.1 Å². The topological polar surface area (TPSA) is 53.7 Å². The minimum atomic E-state index is 0.250. The summed E-state index contributed by atoms with van der Waals surface area (Å²) in [7, 11) is 1.54. The molecule has 24 heavy (non-hydrogen) atoms. The van der Waals surface area contributed by atoms with Crippen LogP contribution in [0.5, 0.6) is 17.2 Å². The van der Waals surface area contributed by atoms with E-state index in [1.807, 2.05) is 26.0 Å². The van der Waals surface area contributed by atoms with Gasteiger partial charge in [-0.25, -0.2) is 0 Å². The first-order valence-electron chi connectivity index (χ1n) is 7.42. The number of methoxy groups -OCH3 is 1. The lowest BCUT2D eigenvalue weighted by molar-refractivity contribution is 0.211. The summed E-state index contributed by atoms with van der Waals surface area (Å²) in [5.74, 6) is 1.75. The fraction of sp³-hybridized carbons (Fsp3) is 0.278. The van der Waals surface area contributed by atoms with Crippen molar-refractivity contribution in [2.45, 2.75) is 13.8 Å². The Balaban J connectivity index is 2.00. The van der Waals surface area contributed by atoms with Gasteiger partial charge in [-0.15, -0.1) is 0 Å². The summed E-state index contributed by atoms with van der Waals surface area (Å²) in [6.45, 7) is 4.78. The monoisotopic (exact) mass is 365 g/mol. The van der Waals surface area contributed by atoms with Gasteiger partial charge in [0.05, 0.1) is 12.1 Å². The van der Waals surface area contributed by atoms with Crippen LogP contribution in [-0.4, -0.2) is 25.3 Å². The first kappa shape index (κ1) is 18.4. The number of ether oxygens (including phenoxy) is 3. The van der Waals surface area contributed by atoms with Gasteiger partial charge in [0.15, 0.2) is 11.5 Å². The van der Waals surface area contributed by atoms with E-state index in [4.69, 9.17) is 43.8 Å². The Morgan fingerprint density at radius 1 is 1.04 bits per heavy atom. The van der Waals surface area contributed by atoms with Crippen molar-refractivity contribution in [1.82, 2.24) is 0 Å². The molecule has 2 aromatic carbocycles. The lowest BCUT2D eigenvalue weighted by atomic mass is 10.1. The van der Waals surface area contributed by atoms with Gasteiger partial charge in [-0.3, -0.25) is 0 Å². The van der Waals surface area contributed by atoms with Gasteiger partial charge in [0.2, 0.25) is 0 Å². The number of hydrogen-bond acceptors (Lipinski definition) is 4. The quantitative estimate of drug-likeness (QED) is 0.592. The summed E-state index contributed by atoms with van der Waals surface area (Å²) in [5, 5.41) is 0.392. The summed E-state index contributed by atoms with van der Waals surface area (Å²) in [6, 6.07) is 9.42. The summed E-state index contributed by atoms with van der Waals surface area (Å²) in [4.78, 5) is 0.250. The van der Waals surface area contributed by atoms with E-state index in [2.05, 4.69) is 6.07 Å². The van der Waals surface area contributed by atoms with Crippen LogP contribution in [0.1, 0.15) is 16.7 Å². The van der Waals surface area contributed by atoms with Crippen molar-refractivity contribution >= 4 is 28.8 Å². The Labute approximate surface area is 152 Å². The number of rotatable bonds is 7. The highest BCUT2D eigenvalue weighted by Gasteiger charge is 2.13. The third-order valence-corrected chi connectivity index (χ3v) is 3.82. The van der Waals surface area contributed by atoms with E-state index < -0.39 is 0 Å². The predicted molar refractivity (Wildman–Crippen MR) is 101 cm³/mol. The van der Waals surface area contributed by atoms with Crippen molar-refractivity contribution in [1.29, 1.82) is 0 Å². The molecule has 2 aromatic rings. The van der Waals surface area contributed by atoms with E-state index in [1.165, 1.54) is 7.11 Å². The zero-order valence-electron chi connectivity index (χ0n) is 13.9. The highest BCUT2D eigenvalue weighted by molar-refractivity contribution is 7.80. The number of benzene rings is 2. The molecule has 0 amide bonds. The van der Waals surface area contributed by atoms with Crippen LogP contribution in [0.3, 0.4) is 0 Å². The molecule has 0 aliphatic heterocycles. The van der Waals surface area contributed by atoms with Crippen LogP contribution in [0, 0.1) is 13.8 Å². The smallest absolute Gasteiger partial charge is 0.179 e. The van der Waals surface area contributed by atoms with Gasteiger partial charge < -0.3 is 19.9 Å². The van der Waals surface area contributed by atoms with Crippen LogP contribution in [0.4, 0.5) is 0 Å². The summed E-state index contributed by atoms with van der Waals surface area (Å²) in [5.41, 5.74) is 8.57. The van der Waals surface area contributed by atoms with Crippen LogP contribution >= 0.6 is 23.8 Å². The molecule has 0 bridgehead atoms. The molecule has 128 valence electrons. The summed E-state index contributed by atoms with van der Waals surface area (Å²) >= 11 is 11.2. The fourth-order valence-corrected chi connectivity index (χ4v) is 2.70. The molecule has 0 fully saturated rings. The molecule has 0 atom stereocenters. The van der Waals surface area contributed by atoms with Gasteiger partial charge >= 0.3 is 0 Å². The normalized spacial score (nSPS) is 10.3. The van der Waals surface area contributed by atoms with Gasteiger partial charge in [-0.05, 0) is 49.2 Å². The predicted octanol–water partition coefficient (Wildman–Crippen LogP) is 4.06. The third kappa shape index (κ3) is 4.76. The molecule has 0 unspecified atom stereocenters. The van der Waals surface area contributed by atoms with Gasteiger partial charge in [-0.2, -0.15) is 0 Å². The van der Waals surface area contributed by atoms with Crippen LogP contribution in [-0.2, 0) is 0 Å². The van der Waals surface area contributed by atoms with Crippen molar-refractivity contribution in [2.75, 3.05) is 20.3 Å². The van der Waals surface area contributed by atoms with E-state index in [9.17, 15) is 0 Å². The second-order valence-electron chi connectivity index (χ2n) is 5.37. The average Bonchev–Trinajstić information content (AvgIpc) is 2.51. The number of thiocarbonyl (C=S) groups is 1. The molecule has 0 aliphatic rings. The largest absolute Gasteiger partial charge is 0.493 e. The SMILES string of the molecule is COc1cc(C(N)=S)cc(Cl)c1OCCOc1cc(C)cc(C)c1. The molecule has 4 nitrogen and oxygen atoms in total. The summed E-state index contributed by atoms with van der Waals surface area (Å²) in [6.07, 6.45) is 0. The molecule has 0 aliphatic carbocycles. The Bertz CT molecular complexity index is 729. The minimum absolute atomic E-state index is 0.250.